The largest absolute Gasteiger partial charge is 0.342 e. The molecule has 6 heteroatoms. The second-order valence-electron chi connectivity index (χ2n) is 4.22. The van der Waals surface area contributed by atoms with Gasteiger partial charge in [-0.25, -0.2) is 0 Å². The lowest BCUT2D eigenvalue weighted by atomic mass is 10.1. The first kappa shape index (κ1) is 12.5. The third kappa shape index (κ3) is 2.56. The van der Waals surface area contributed by atoms with Crippen molar-refractivity contribution in [3.8, 4) is 17.7 Å². The first-order valence-electron chi connectivity index (χ1n) is 5.91. The Bertz CT molecular complexity index is 784. The molecule has 3 rings (SSSR count). The van der Waals surface area contributed by atoms with E-state index in [1.54, 1.807) is 12.1 Å². The number of halogens is 1. The van der Waals surface area contributed by atoms with E-state index in [0.29, 0.717) is 34.5 Å². The third-order valence-corrected chi connectivity index (χ3v) is 2.99. The van der Waals surface area contributed by atoms with E-state index < -0.39 is 0 Å². The van der Waals surface area contributed by atoms with Crippen LogP contribution in [0.5, 0.6) is 0 Å². The predicted octanol–water partition coefficient (Wildman–Crippen LogP) is 3.18. The summed E-state index contributed by atoms with van der Waals surface area (Å²) in [5, 5.41) is 13.4. The van der Waals surface area contributed by atoms with Crippen LogP contribution in [0, 0.1) is 11.3 Å². The number of aromatic amines is 1. The Morgan fingerprint density at radius 3 is 2.95 bits per heavy atom. The van der Waals surface area contributed by atoms with Gasteiger partial charge < -0.3 is 9.51 Å². The van der Waals surface area contributed by atoms with E-state index in [4.69, 9.17) is 21.4 Å². The van der Waals surface area contributed by atoms with Gasteiger partial charge in [-0.15, -0.1) is 0 Å². The standard InChI is InChI=1S/C14H9ClN4O/c15-10-3-1-2-9(6-10)7-13-18-14(20-19-13)12-5-4-11(8-16)17-12/h1-6,17H,7H2. The number of aromatic nitrogens is 3. The molecule has 0 aliphatic heterocycles. The number of nitrogens with one attached hydrogen (secondary N) is 1. The molecule has 2 heterocycles. The lowest BCUT2D eigenvalue weighted by Crippen LogP contribution is -1.90. The minimum atomic E-state index is 0.364. The Morgan fingerprint density at radius 1 is 1.30 bits per heavy atom. The van der Waals surface area contributed by atoms with E-state index in [2.05, 4.69) is 15.1 Å². The summed E-state index contributed by atoms with van der Waals surface area (Å²) in [6, 6.07) is 12.9. The molecule has 0 amide bonds. The van der Waals surface area contributed by atoms with Crippen molar-refractivity contribution in [3.63, 3.8) is 0 Å². The van der Waals surface area contributed by atoms with Gasteiger partial charge in [0.2, 0.25) is 0 Å². The Morgan fingerprint density at radius 2 is 2.20 bits per heavy atom. The summed E-state index contributed by atoms with van der Waals surface area (Å²) in [6.45, 7) is 0. The average molecular weight is 285 g/mol. The molecule has 2 aromatic heterocycles. The molecule has 0 spiro atoms. The number of nitriles is 1. The molecule has 0 saturated carbocycles. The summed E-state index contributed by atoms with van der Waals surface area (Å²) in [4.78, 5) is 7.18. The van der Waals surface area contributed by atoms with Crippen molar-refractivity contribution < 1.29 is 4.52 Å². The Balaban J connectivity index is 1.82. The van der Waals surface area contributed by atoms with Gasteiger partial charge in [-0.1, -0.05) is 28.9 Å². The second-order valence-corrected chi connectivity index (χ2v) is 4.66. The van der Waals surface area contributed by atoms with Gasteiger partial charge in [0.1, 0.15) is 17.5 Å². The molecule has 3 aromatic rings. The first-order valence-corrected chi connectivity index (χ1v) is 6.29. The fourth-order valence-electron chi connectivity index (χ4n) is 1.85. The molecule has 0 radical (unpaired) electrons. The number of rotatable bonds is 3. The summed E-state index contributed by atoms with van der Waals surface area (Å²) >= 11 is 5.93. The predicted molar refractivity (Wildman–Crippen MR) is 73.1 cm³/mol. The third-order valence-electron chi connectivity index (χ3n) is 2.76. The maximum Gasteiger partial charge on any atom is 0.274 e. The minimum Gasteiger partial charge on any atom is -0.342 e. The van der Waals surface area contributed by atoms with Crippen LogP contribution in [0.2, 0.25) is 5.02 Å². The number of benzene rings is 1. The fourth-order valence-corrected chi connectivity index (χ4v) is 2.06. The van der Waals surface area contributed by atoms with E-state index >= 15 is 0 Å². The van der Waals surface area contributed by atoms with E-state index in [0.717, 1.165) is 5.56 Å². The van der Waals surface area contributed by atoms with Gasteiger partial charge in [0.15, 0.2) is 5.82 Å². The van der Waals surface area contributed by atoms with Crippen LogP contribution >= 0.6 is 11.6 Å². The van der Waals surface area contributed by atoms with E-state index in [1.807, 2.05) is 30.3 Å². The monoisotopic (exact) mass is 284 g/mol. The first-order chi connectivity index (χ1) is 9.74. The van der Waals surface area contributed by atoms with Crippen LogP contribution in [0.25, 0.3) is 11.6 Å². The highest BCUT2D eigenvalue weighted by atomic mass is 35.5. The normalized spacial score (nSPS) is 10.4. The Kier molecular flexibility index (Phi) is 3.23. The van der Waals surface area contributed by atoms with Gasteiger partial charge in [-0.3, -0.25) is 0 Å². The van der Waals surface area contributed by atoms with Crippen molar-refractivity contribution >= 4 is 11.6 Å². The van der Waals surface area contributed by atoms with Crippen LogP contribution in [0.3, 0.4) is 0 Å². The Labute approximate surface area is 119 Å². The molecule has 0 saturated heterocycles. The molecule has 0 bridgehead atoms. The van der Waals surface area contributed by atoms with E-state index in [-0.39, 0.29) is 0 Å². The number of nitrogens with zero attached hydrogens (tertiary/aromatic N) is 3. The zero-order valence-electron chi connectivity index (χ0n) is 10.3. The summed E-state index contributed by atoms with van der Waals surface area (Å²) < 4.78 is 5.18. The van der Waals surface area contributed by atoms with Crippen molar-refractivity contribution in [2.75, 3.05) is 0 Å². The smallest absolute Gasteiger partial charge is 0.274 e. The van der Waals surface area contributed by atoms with Crippen LogP contribution in [0.4, 0.5) is 0 Å². The molecule has 98 valence electrons. The van der Waals surface area contributed by atoms with Crippen LogP contribution in [0.15, 0.2) is 40.9 Å². The van der Waals surface area contributed by atoms with Gasteiger partial charge >= 0.3 is 0 Å². The number of hydrogen-bond donors (Lipinski definition) is 1. The average Bonchev–Trinajstić information content (AvgIpc) is 3.07. The highest BCUT2D eigenvalue weighted by molar-refractivity contribution is 6.30. The van der Waals surface area contributed by atoms with E-state index in [1.165, 1.54) is 0 Å². The zero-order chi connectivity index (χ0) is 13.9. The van der Waals surface area contributed by atoms with Crippen LogP contribution < -0.4 is 0 Å². The summed E-state index contributed by atoms with van der Waals surface area (Å²) in [6.07, 6.45) is 0.538. The molecule has 0 fully saturated rings. The lowest BCUT2D eigenvalue weighted by Gasteiger charge is -1.96. The van der Waals surface area contributed by atoms with Gasteiger partial charge in [0.05, 0.1) is 0 Å². The molecule has 0 unspecified atom stereocenters. The summed E-state index contributed by atoms with van der Waals surface area (Å²) in [5.41, 5.74) is 2.09. The molecular formula is C14H9ClN4O. The maximum atomic E-state index is 8.76. The van der Waals surface area contributed by atoms with Gasteiger partial charge in [0.25, 0.3) is 5.89 Å². The quantitative estimate of drug-likeness (QED) is 0.801. The van der Waals surface area contributed by atoms with Crippen LogP contribution in [-0.4, -0.2) is 15.1 Å². The molecular weight excluding hydrogens is 276 g/mol. The lowest BCUT2D eigenvalue weighted by molar-refractivity contribution is 0.423. The molecule has 1 N–H and O–H groups in total. The summed E-state index contributed by atoms with van der Waals surface area (Å²) in [7, 11) is 0. The highest BCUT2D eigenvalue weighted by Crippen LogP contribution is 2.18. The fraction of sp³-hybridized carbons (Fsp3) is 0.0714. The van der Waals surface area contributed by atoms with Crippen LogP contribution in [0.1, 0.15) is 17.1 Å². The van der Waals surface area contributed by atoms with Crippen molar-refractivity contribution in [1.29, 1.82) is 5.26 Å². The van der Waals surface area contributed by atoms with E-state index in [9.17, 15) is 0 Å². The van der Waals surface area contributed by atoms with Crippen molar-refractivity contribution in [2.24, 2.45) is 0 Å². The topological polar surface area (TPSA) is 78.5 Å². The van der Waals surface area contributed by atoms with Crippen molar-refractivity contribution in [1.82, 2.24) is 15.1 Å². The van der Waals surface area contributed by atoms with Crippen LogP contribution in [-0.2, 0) is 6.42 Å². The summed E-state index contributed by atoms with van der Waals surface area (Å²) in [5.74, 6) is 0.930. The minimum absolute atomic E-state index is 0.364. The molecule has 0 aliphatic rings. The van der Waals surface area contributed by atoms with Crippen molar-refractivity contribution in [3.05, 3.63) is 58.5 Å². The molecule has 20 heavy (non-hydrogen) atoms. The van der Waals surface area contributed by atoms with Gasteiger partial charge in [-0.2, -0.15) is 10.2 Å². The molecule has 5 nitrogen and oxygen atoms in total. The highest BCUT2D eigenvalue weighted by Gasteiger charge is 2.11. The SMILES string of the molecule is N#Cc1ccc(-c2nc(Cc3cccc(Cl)c3)no2)[nH]1. The molecule has 0 atom stereocenters. The Hall–Kier alpha value is -2.58. The number of H-pyrrole nitrogens is 1. The molecule has 0 aliphatic carbocycles. The number of hydrogen-bond acceptors (Lipinski definition) is 4. The van der Waals surface area contributed by atoms with Gasteiger partial charge in [0, 0.05) is 11.4 Å². The zero-order valence-corrected chi connectivity index (χ0v) is 11.1. The molecule has 1 aromatic carbocycles. The van der Waals surface area contributed by atoms with Gasteiger partial charge in [-0.05, 0) is 29.8 Å². The maximum absolute atomic E-state index is 8.76. The second kappa shape index (κ2) is 5.19. The van der Waals surface area contributed by atoms with Crippen molar-refractivity contribution in [2.45, 2.75) is 6.42 Å².